The minimum Gasteiger partial charge on any atom is -0.373 e. The molecule has 0 N–H and O–H groups in total. The number of likely N-dealkylation sites (N-methyl/N-ethyl adjacent to an activating group) is 1. The molecule has 0 atom stereocenters. The van der Waals surface area contributed by atoms with E-state index in [1.54, 1.807) is 7.05 Å². The molecule has 1 amide bonds. The van der Waals surface area contributed by atoms with Crippen molar-refractivity contribution in [1.82, 2.24) is 4.90 Å². The van der Waals surface area contributed by atoms with Crippen LogP contribution < -0.4 is 0 Å². The predicted molar refractivity (Wildman–Crippen MR) is 75.5 cm³/mol. The zero-order valence-electron chi connectivity index (χ0n) is 13.5. The molecule has 3 nitrogen and oxygen atoms in total. The largest absolute Gasteiger partial charge is 0.373 e. The van der Waals surface area contributed by atoms with E-state index in [1.807, 2.05) is 0 Å². The number of ether oxygens (including phenoxy) is 1. The van der Waals surface area contributed by atoms with Gasteiger partial charge in [0.25, 0.3) is 5.91 Å². The van der Waals surface area contributed by atoms with Crippen molar-refractivity contribution in [1.29, 1.82) is 0 Å². The monoisotopic (exact) mass is 265 g/mol. The lowest BCUT2D eigenvalue weighted by atomic mass is 10.1. The van der Waals surface area contributed by atoms with Gasteiger partial charge in [0.2, 0.25) is 0 Å². The number of hydrogen-bond acceptors (Lipinski definition) is 2. The number of carbonyl (C=O) groups is 1. The van der Waals surface area contributed by atoms with Crippen LogP contribution in [0.2, 0.25) is 19.6 Å². The van der Waals surface area contributed by atoms with E-state index >= 15 is 0 Å². The third-order valence-electron chi connectivity index (χ3n) is 2.23. The van der Waals surface area contributed by atoms with Crippen molar-refractivity contribution >= 4 is 14.0 Å². The molecular weight excluding hydrogens is 242 g/mol. The summed E-state index contributed by atoms with van der Waals surface area (Å²) in [5.74, 6) is -0.130. The van der Waals surface area contributed by atoms with Crippen LogP contribution >= 0.6 is 0 Å². The summed E-state index contributed by atoms with van der Waals surface area (Å²) in [6, 6.07) is 0. The molecule has 98 valence electrons. The molecule has 0 aromatic rings. The maximum atomic E-state index is 12.1. The summed E-state index contributed by atoms with van der Waals surface area (Å²) >= 11 is 0. The first-order valence-corrected chi connectivity index (χ1v) is 9.35. The molecule has 0 aromatic heterocycles. The molecule has 1 fully saturated rings. The highest BCUT2D eigenvalue weighted by Gasteiger charge is 2.29. The summed E-state index contributed by atoms with van der Waals surface area (Å²) in [6.07, 6.45) is 4.14. The van der Waals surface area contributed by atoms with Crippen molar-refractivity contribution in [3.05, 3.63) is 35.6 Å². The van der Waals surface area contributed by atoms with E-state index in [0.717, 1.165) is 0 Å². The Morgan fingerprint density at radius 2 is 2.28 bits per heavy atom. The molecule has 2 radical (unpaired) electrons. The van der Waals surface area contributed by atoms with E-state index in [4.69, 9.17) is 7.48 Å². The highest BCUT2D eigenvalue weighted by molar-refractivity contribution is 6.79. The lowest BCUT2D eigenvalue weighted by Gasteiger charge is -2.10. The Morgan fingerprint density at radius 1 is 1.61 bits per heavy atom. The van der Waals surface area contributed by atoms with Crippen molar-refractivity contribution < 1.29 is 12.3 Å². The summed E-state index contributed by atoms with van der Waals surface area (Å²) in [4.78, 5) is 13.6. The Labute approximate surface area is 114 Å². The molecule has 0 bridgehead atoms. The van der Waals surface area contributed by atoms with E-state index in [-0.39, 0.29) is 12.5 Å². The molecule has 0 unspecified atom stereocenters. The SMILES string of the molecule is [2H]C([2H])([C]=C1CN(C)C(=O)C1=[C][Si](C)(C)C)OCC=C. The highest BCUT2D eigenvalue weighted by Crippen LogP contribution is 2.23. The van der Waals surface area contributed by atoms with E-state index in [0.29, 0.717) is 17.7 Å². The topological polar surface area (TPSA) is 29.5 Å². The van der Waals surface area contributed by atoms with Gasteiger partial charge in [0.1, 0.15) is 0 Å². The van der Waals surface area contributed by atoms with Crippen LogP contribution in [0.5, 0.6) is 0 Å². The minimum atomic E-state index is -2.04. The number of likely N-dealkylation sites (tertiary alicyclic amines) is 1. The first-order valence-electron chi connectivity index (χ1n) is 6.85. The summed E-state index contributed by atoms with van der Waals surface area (Å²) in [6.45, 7) is 8.10. The number of amides is 1. The van der Waals surface area contributed by atoms with E-state index in [9.17, 15) is 4.79 Å². The molecule has 1 heterocycles. The molecule has 1 rings (SSSR count). The van der Waals surface area contributed by atoms with Gasteiger partial charge in [-0.25, -0.2) is 0 Å². The van der Waals surface area contributed by atoms with Crippen molar-refractivity contribution in [2.24, 2.45) is 0 Å². The van der Waals surface area contributed by atoms with Gasteiger partial charge in [-0.1, -0.05) is 25.7 Å². The van der Waals surface area contributed by atoms with Crippen LogP contribution in [0.1, 0.15) is 2.74 Å². The van der Waals surface area contributed by atoms with Gasteiger partial charge >= 0.3 is 0 Å². The molecule has 4 heteroatoms. The van der Waals surface area contributed by atoms with Gasteiger partial charge in [0.05, 0.1) is 24.0 Å². The highest BCUT2D eigenvalue weighted by atomic mass is 28.3. The van der Waals surface area contributed by atoms with Crippen LogP contribution in [0, 0.1) is 11.8 Å². The fraction of sp³-hybridized carbons (Fsp3) is 0.500. The Hall–Kier alpha value is -1.13. The Balaban J connectivity index is 3.11. The maximum absolute atomic E-state index is 12.1. The Bertz CT molecular complexity index is 464. The smallest absolute Gasteiger partial charge is 0.254 e. The van der Waals surface area contributed by atoms with Crippen LogP contribution in [0.15, 0.2) is 23.8 Å². The minimum absolute atomic E-state index is 0.0911. The van der Waals surface area contributed by atoms with Crippen molar-refractivity contribution in [3.63, 3.8) is 0 Å². The predicted octanol–water partition coefficient (Wildman–Crippen LogP) is 2.00. The van der Waals surface area contributed by atoms with E-state index in [2.05, 4.69) is 38.0 Å². The third-order valence-corrected chi connectivity index (χ3v) is 3.23. The van der Waals surface area contributed by atoms with Gasteiger partial charge in [0, 0.05) is 19.2 Å². The van der Waals surface area contributed by atoms with Crippen LogP contribution in [-0.4, -0.2) is 45.6 Å². The fourth-order valence-electron chi connectivity index (χ4n) is 1.51. The maximum Gasteiger partial charge on any atom is 0.254 e. The normalized spacial score (nSPS) is 23.6. The Kier molecular flexibility index (Phi) is 4.08. The second kappa shape index (κ2) is 6.16. The molecule has 1 aliphatic rings. The molecule has 1 aliphatic heterocycles. The molecule has 0 saturated carbocycles. The van der Waals surface area contributed by atoms with Crippen LogP contribution in [-0.2, 0) is 9.53 Å². The summed E-state index contributed by atoms with van der Waals surface area (Å²) < 4.78 is 20.5. The standard InChI is InChI=1S/C14H21NO2Si/c1-6-8-17-9-7-12-10-15(2)14(16)13(12)11-18(3,4)5/h6H,1,8-10H2,2-5H3/i9D2. The van der Waals surface area contributed by atoms with Gasteiger partial charge in [-0.05, 0) is 17.3 Å². The van der Waals surface area contributed by atoms with Crippen molar-refractivity contribution in [2.75, 3.05) is 26.8 Å². The molecule has 1 saturated heterocycles. The quantitative estimate of drug-likeness (QED) is 0.432. The molecule has 18 heavy (non-hydrogen) atoms. The number of carbonyl (C=O) groups excluding carboxylic acids is 1. The van der Waals surface area contributed by atoms with E-state index < -0.39 is 14.6 Å². The summed E-state index contributed by atoms with van der Waals surface area (Å²) in [5, 5.41) is 0. The zero-order valence-corrected chi connectivity index (χ0v) is 12.5. The number of nitrogens with zero attached hydrogens (tertiary/aromatic N) is 1. The molecular formula is C14H21NO2Si. The number of rotatable bonds is 5. The van der Waals surface area contributed by atoms with Gasteiger partial charge in [-0.15, -0.1) is 6.58 Å². The van der Waals surface area contributed by atoms with Crippen LogP contribution in [0.4, 0.5) is 0 Å². The summed E-state index contributed by atoms with van der Waals surface area (Å²) in [5.41, 5.74) is 4.21. The van der Waals surface area contributed by atoms with Crippen molar-refractivity contribution in [3.8, 4) is 0 Å². The Morgan fingerprint density at radius 3 is 2.83 bits per heavy atom. The fourth-order valence-corrected chi connectivity index (χ4v) is 2.52. The van der Waals surface area contributed by atoms with E-state index in [1.165, 1.54) is 11.0 Å². The lowest BCUT2D eigenvalue weighted by Crippen LogP contribution is -2.22. The van der Waals surface area contributed by atoms with Crippen molar-refractivity contribution in [2.45, 2.75) is 19.6 Å². The van der Waals surface area contributed by atoms with Crippen LogP contribution in [0.25, 0.3) is 0 Å². The first kappa shape index (κ1) is 11.9. The average molecular weight is 265 g/mol. The molecule has 0 spiro atoms. The zero-order chi connectivity index (χ0) is 15.6. The molecule has 0 aliphatic carbocycles. The second-order valence-corrected chi connectivity index (χ2v) is 9.97. The van der Waals surface area contributed by atoms with Gasteiger partial charge in [-0.3, -0.25) is 4.79 Å². The number of hydrogen-bond donors (Lipinski definition) is 0. The van der Waals surface area contributed by atoms with Crippen LogP contribution in [0.3, 0.4) is 0 Å². The molecule has 0 aromatic carbocycles. The second-order valence-electron chi connectivity index (χ2n) is 5.22. The first-order chi connectivity index (χ1) is 9.06. The van der Waals surface area contributed by atoms with Gasteiger partial charge in [0.15, 0.2) is 0 Å². The third kappa shape index (κ3) is 4.27. The van der Waals surface area contributed by atoms with Gasteiger partial charge in [-0.2, -0.15) is 0 Å². The van der Waals surface area contributed by atoms with Gasteiger partial charge < -0.3 is 9.64 Å². The average Bonchev–Trinajstić information content (AvgIpc) is 2.52. The lowest BCUT2D eigenvalue weighted by molar-refractivity contribution is -0.123. The summed E-state index contributed by atoms with van der Waals surface area (Å²) in [7, 11) is -0.0274.